The Morgan fingerprint density at radius 2 is 1.22 bits per heavy atom. The number of Topliss-reactive ketones (excluding diaryl/α,β-unsaturated/α-hetero) is 1. The monoisotopic (exact) mass is 496 g/mol. The van der Waals surface area contributed by atoms with E-state index in [2.05, 4.69) is 45.9 Å². The van der Waals surface area contributed by atoms with Crippen molar-refractivity contribution in [2.75, 3.05) is 19.8 Å². The summed E-state index contributed by atoms with van der Waals surface area (Å²) in [7, 11) is 0. The van der Waals surface area contributed by atoms with E-state index in [0.717, 1.165) is 80.8 Å². The number of carbonyl (C=O) groups is 1. The molecule has 0 fully saturated rings. The molecule has 0 unspecified atom stereocenters. The maximum atomic E-state index is 13.3. The zero-order valence-corrected chi connectivity index (χ0v) is 23.2. The van der Waals surface area contributed by atoms with E-state index in [0.29, 0.717) is 31.6 Å². The number of aryl methyl sites for hydroxylation is 2. The highest BCUT2D eigenvalue weighted by Crippen LogP contribution is 2.27. The summed E-state index contributed by atoms with van der Waals surface area (Å²) in [4.78, 5) is 13.3. The van der Waals surface area contributed by atoms with Crippen LogP contribution in [0.25, 0.3) is 0 Å². The highest BCUT2D eigenvalue weighted by Gasteiger charge is 2.13. The van der Waals surface area contributed by atoms with Gasteiger partial charge in [0.05, 0.1) is 19.8 Å². The average molecular weight is 497 g/mol. The van der Waals surface area contributed by atoms with Gasteiger partial charge >= 0.3 is 0 Å². The first-order valence-electron chi connectivity index (χ1n) is 14.3. The van der Waals surface area contributed by atoms with Gasteiger partial charge in [-0.3, -0.25) is 4.79 Å². The van der Waals surface area contributed by atoms with E-state index in [-0.39, 0.29) is 5.78 Å². The van der Waals surface area contributed by atoms with E-state index < -0.39 is 0 Å². The molecule has 0 saturated carbocycles. The summed E-state index contributed by atoms with van der Waals surface area (Å²) in [6, 6.07) is 12.1. The minimum atomic E-state index is 0.103. The Bertz CT molecular complexity index is 859. The fraction of sp³-hybridized carbons (Fsp3) is 0.594. The van der Waals surface area contributed by atoms with Crippen molar-refractivity contribution in [1.82, 2.24) is 0 Å². The van der Waals surface area contributed by atoms with Gasteiger partial charge in [0.15, 0.2) is 5.78 Å². The smallest absolute Gasteiger partial charge is 0.163 e. The lowest BCUT2D eigenvalue weighted by Crippen LogP contribution is -2.07. The molecule has 0 saturated heterocycles. The quantitative estimate of drug-likeness (QED) is 0.136. The second-order valence-electron chi connectivity index (χ2n) is 9.58. The summed E-state index contributed by atoms with van der Waals surface area (Å²) in [5.41, 5.74) is 3.04. The summed E-state index contributed by atoms with van der Waals surface area (Å²) in [6.45, 7) is 10.7. The number of rotatable bonds is 20. The van der Waals surface area contributed by atoms with Gasteiger partial charge in [0.1, 0.15) is 17.2 Å². The van der Waals surface area contributed by atoms with Crippen LogP contribution in [-0.2, 0) is 12.8 Å². The van der Waals surface area contributed by atoms with Crippen molar-refractivity contribution in [3.63, 3.8) is 0 Å². The molecule has 2 aromatic rings. The minimum Gasteiger partial charge on any atom is -0.493 e. The van der Waals surface area contributed by atoms with Crippen molar-refractivity contribution in [1.29, 1.82) is 0 Å². The van der Waals surface area contributed by atoms with Crippen molar-refractivity contribution in [2.24, 2.45) is 0 Å². The molecule has 0 aliphatic rings. The molecule has 0 atom stereocenters. The van der Waals surface area contributed by atoms with Gasteiger partial charge in [-0.2, -0.15) is 0 Å². The number of carbonyl (C=O) groups excluding carboxylic acids is 1. The lowest BCUT2D eigenvalue weighted by molar-refractivity contribution is 0.0981. The molecular weight excluding hydrogens is 448 g/mol. The van der Waals surface area contributed by atoms with Gasteiger partial charge in [0, 0.05) is 18.1 Å². The van der Waals surface area contributed by atoms with E-state index >= 15 is 0 Å². The Morgan fingerprint density at radius 1 is 0.667 bits per heavy atom. The molecule has 0 amide bonds. The third kappa shape index (κ3) is 11.1. The van der Waals surface area contributed by atoms with Crippen LogP contribution in [0, 0.1) is 0 Å². The molecule has 0 spiro atoms. The van der Waals surface area contributed by atoms with Gasteiger partial charge in [0.2, 0.25) is 0 Å². The van der Waals surface area contributed by atoms with Gasteiger partial charge in [-0.1, -0.05) is 78.4 Å². The Morgan fingerprint density at radius 3 is 1.75 bits per heavy atom. The van der Waals surface area contributed by atoms with Gasteiger partial charge in [-0.05, 0) is 61.4 Å². The predicted molar refractivity (Wildman–Crippen MR) is 150 cm³/mol. The van der Waals surface area contributed by atoms with Crippen LogP contribution >= 0.6 is 0 Å². The zero-order valence-electron chi connectivity index (χ0n) is 23.2. The highest BCUT2D eigenvalue weighted by atomic mass is 16.5. The lowest BCUT2D eigenvalue weighted by atomic mass is 9.99. The van der Waals surface area contributed by atoms with Gasteiger partial charge in [-0.15, -0.1) is 0 Å². The molecule has 0 aliphatic heterocycles. The molecule has 0 N–H and O–H groups in total. The fourth-order valence-electron chi connectivity index (χ4n) is 4.10. The molecule has 0 aliphatic carbocycles. The number of benzene rings is 2. The zero-order chi connectivity index (χ0) is 26.0. The molecule has 2 aromatic carbocycles. The van der Waals surface area contributed by atoms with Crippen LogP contribution in [0.15, 0.2) is 36.4 Å². The summed E-state index contributed by atoms with van der Waals surface area (Å²) < 4.78 is 18.1. The van der Waals surface area contributed by atoms with E-state index in [1.165, 1.54) is 18.4 Å². The Balaban J connectivity index is 2.11. The number of unbranched alkanes of at least 4 members (excludes halogenated alkanes) is 6. The molecule has 4 nitrogen and oxygen atoms in total. The van der Waals surface area contributed by atoms with Crippen molar-refractivity contribution >= 4 is 5.78 Å². The Labute approximate surface area is 219 Å². The predicted octanol–water partition coefficient (Wildman–Crippen LogP) is 8.77. The Hall–Kier alpha value is -2.49. The average Bonchev–Trinajstić information content (AvgIpc) is 2.90. The van der Waals surface area contributed by atoms with Gasteiger partial charge in [0.25, 0.3) is 0 Å². The molecule has 200 valence electrons. The maximum Gasteiger partial charge on any atom is 0.163 e. The van der Waals surface area contributed by atoms with E-state index in [9.17, 15) is 4.79 Å². The van der Waals surface area contributed by atoms with Crippen LogP contribution in [0.4, 0.5) is 0 Å². The van der Waals surface area contributed by atoms with Crippen LogP contribution in [0.1, 0.15) is 113 Å². The van der Waals surface area contributed by atoms with Crippen LogP contribution in [0.2, 0.25) is 0 Å². The molecule has 0 heterocycles. The van der Waals surface area contributed by atoms with Crippen molar-refractivity contribution in [3.8, 4) is 17.2 Å². The van der Waals surface area contributed by atoms with Gasteiger partial charge in [-0.25, -0.2) is 0 Å². The SMILES string of the molecule is CCCCCOc1cc(OCCCCC)cc(C(=O)CCc2cc(CC)ccc2OCCCCC)c1. The Kier molecular flexibility index (Phi) is 14.8. The van der Waals surface area contributed by atoms with E-state index in [1.54, 1.807) is 0 Å². The normalized spacial score (nSPS) is 10.9. The number of hydrogen-bond acceptors (Lipinski definition) is 4. The van der Waals surface area contributed by atoms with Crippen molar-refractivity contribution in [2.45, 2.75) is 105 Å². The third-order valence-electron chi connectivity index (χ3n) is 6.40. The standard InChI is InChI=1S/C32H48O4/c1-5-9-12-19-34-29-23-28(24-30(25-29)35-20-13-10-6-2)31(33)17-16-27-22-26(8-4)15-18-32(27)36-21-14-11-7-3/h15,18,22-25H,5-14,16-17,19-21H2,1-4H3. The molecule has 0 aromatic heterocycles. The largest absolute Gasteiger partial charge is 0.493 e. The van der Waals surface area contributed by atoms with Crippen LogP contribution < -0.4 is 14.2 Å². The first-order valence-corrected chi connectivity index (χ1v) is 14.3. The first kappa shape index (κ1) is 29.7. The van der Waals surface area contributed by atoms with Crippen molar-refractivity contribution < 1.29 is 19.0 Å². The fourth-order valence-corrected chi connectivity index (χ4v) is 4.10. The molecule has 2 rings (SSSR count). The maximum absolute atomic E-state index is 13.3. The van der Waals surface area contributed by atoms with Gasteiger partial charge < -0.3 is 14.2 Å². The minimum absolute atomic E-state index is 0.103. The van der Waals surface area contributed by atoms with E-state index in [4.69, 9.17) is 14.2 Å². The first-order chi connectivity index (χ1) is 17.6. The summed E-state index contributed by atoms with van der Waals surface area (Å²) in [6.07, 6.45) is 12.0. The molecule has 0 bridgehead atoms. The molecular formula is C32H48O4. The summed E-state index contributed by atoms with van der Waals surface area (Å²) in [5.74, 6) is 2.45. The number of ketones is 1. The molecule has 36 heavy (non-hydrogen) atoms. The molecule has 4 heteroatoms. The number of hydrogen-bond donors (Lipinski definition) is 0. The van der Waals surface area contributed by atoms with Crippen LogP contribution in [0.5, 0.6) is 17.2 Å². The topological polar surface area (TPSA) is 44.8 Å². The van der Waals surface area contributed by atoms with E-state index in [1.807, 2.05) is 18.2 Å². The second-order valence-corrected chi connectivity index (χ2v) is 9.58. The van der Waals surface area contributed by atoms with Crippen molar-refractivity contribution in [3.05, 3.63) is 53.1 Å². The second kappa shape index (κ2) is 17.9. The van der Waals surface area contributed by atoms with Crippen LogP contribution in [-0.4, -0.2) is 25.6 Å². The highest BCUT2D eigenvalue weighted by molar-refractivity contribution is 5.97. The number of ether oxygens (including phenoxy) is 3. The van der Waals surface area contributed by atoms with Crippen LogP contribution in [0.3, 0.4) is 0 Å². The molecule has 0 radical (unpaired) electrons. The summed E-state index contributed by atoms with van der Waals surface area (Å²) in [5, 5.41) is 0. The lowest BCUT2D eigenvalue weighted by Gasteiger charge is -2.14. The summed E-state index contributed by atoms with van der Waals surface area (Å²) >= 11 is 0. The third-order valence-corrected chi connectivity index (χ3v) is 6.40.